The van der Waals surface area contributed by atoms with Crippen molar-refractivity contribution in [3.63, 3.8) is 0 Å². The molecule has 8 heteroatoms. The number of aliphatic hydroxyl groups is 3. The van der Waals surface area contributed by atoms with Crippen molar-refractivity contribution in [2.24, 2.45) is 28.6 Å². The third-order valence-corrected chi connectivity index (χ3v) is 12.6. The summed E-state index contributed by atoms with van der Waals surface area (Å²) in [4.78, 5) is 26.0. The summed E-state index contributed by atoms with van der Waals surface area (Å²) < 4.78 is 15.6. The molecule has 44 heavy (non-hydrogen) atoms. The van der Waals surface area contributed by atoms with Crippen molar-refractivity contribution < 1.29 is 34.4 Å². The van der Waals surface area contributed by atoms with Crippen molar-refractivity contribution >= 4 is 11.6 Å². The average molecular weight is 600 g/mol. The molecule has 5 fully saturated rings. The minimum atomic E-state index is -1.37. The summed E-state index contributed by atoms with van der Waals surface area (Å²) in [6.07, 6.45) is 12.0. The van der Waals surface area contributed by atoms with Gasteiger partial charge in [-0.05, 0) is 79.7 Å². The molecule has 0 amide bonds. The highest BCUT2D eigenvalue weighted by Crippen LogP contribution is 2.70. The molecule has 1 aromatic heterocycles. The van der Waals surface area contributed by atoms with Crippen molar-refractivity contribution in [3.05, 3.63) is 83.2 Å². The highest BCUT2D eigenvalue weighted by Gasteiger charge is 2.76. The SMILES string of the molecule is C[C@]12C=CC(=O)C=C1CC[C@@H]1[C@@H]2[C@@H](O)C[C@@]2(C)[C@H]1C[C@H]1O[C@@H](c3ccn(C4(c5cccc(CO)c5)CC4)c3)O[C@]12C(=O)CO. The van der Waals surface area contributed by atoms with Crippen molar-refractivity contribution in [2.75, 3.05) is 6.61 Å². The summed E-state index contributed by atoms with van der Waals surface area (Å²) in [5.74, 6) is -0.282. The van der Waals surface area contributed by atoms with Crippen molar-refractivity contribution in [2.45, 2.75) is 88.6 Å². The minimum Gasteiger partial charge on any atom is -0.393 e. The van der Waals surface area contributed by atoms with Gasteiger partial charge in [0.05, 0.1) is 24.4 Å². The summed E-state index contributed by atoms with van der Waals surface area (Å²) in [6.45, 7) is 3.54. The highest BCUT2D eigenvalue weighted by atomic mass is 16.7. The number of ketones is 2. The number of Topliss-reactive ketones (excluding diaryl/α,β-unsaturated/α-hetero) is 1. The van der Waals surface area contributed by atoms with Gasteiger partial charge in [0.15, 0.2) is 23.5 Å². The number of allylic oxidation sites excluding steroid dienone is 4. The molecule has 0 spiro atoms. The van der Waals surface area contributed by atoms with E-state index in [0.717, 1.165) is 47.9 Å². The van der Waals surface area contributed by atoms with Gasteiger partial charge in [-0.1, -0.05) is 49.8 Å². The maximum atomic E-state index is 13.8. The summed E-state index contributed by atoms with van der Waals surface area (Å²) in [5, 5.41) is 31.8. The van der Waals surface area contributed by atoms with E-state index in [9.17, 15) is 24.9 Å². The molecule has 9 atom stereocenters. The van der Waals surface area contributed by atoms with Crippen LogP contribution in [0.15, 0.2) is 66.5 Å². The lowest BCUT2D eigenvalue weighted by Gasteiger charge is -2.59. The Balaban J connectivity index is 1.11. The van der Waals surface area contributed by atoms with Crippen LogP contribution in [0.5, 0.6) is 0 Å². The first-order chi connectivity index (χ1) is 21.1. The van der Waals surface area contributed by atoms with Gasteiger partial charge >= 0.3 is 0 Å². The lowest BCUT2D eigenvalue weighted by atomic mass is 9.46. The number of hydrogen-bond donors (Lipinski definition) is 3. The molecule has 0 bridgehead atoms. The van der Waals surface area contributed by atoms with Crippen LogP contribution in [-0.4, -0.2) is 55.9 Å². The molecule has 8 rings (SSSR count). The Hall–Kier alpha value is -2.88. The smallest absolute Gasteiger partial charge is 0.193 e. The second-order valence-corrected chi connectivity index (χ2v) is 14.6. The zero-order valence-electron chi connectivity index (χ0n) is 25.3. The summed E-state index contributed by atoms with van der Waals surface area (Å²) in [6, 6.07) is 10.0. The van der Waals surface area contributed by atoms with E-state index in [-0.39, 0.29) is 41.5 Å². The monoisotopic (exact) mass is 599 g/mol. The molecule has 1 saturated heterocycles. The molecule has 232 valence electrons. The van der Waals surface area contributed by atoms with Gasteiger partial charge in [-0.2, -0.15) is 0 Å². The first kappa shape index (κ1) is 28.6. The lowest BCUT2D eigenvalue weighted by molar-refractivity contribution is -0.201. The van der Waals surface area contributed by atoms with E-state index in [0.29, 0.717) is 12.8 Å². The largest absolute Gasteiger partial charge is 0.393 e. The van der Waals surface area contributed by atoms with Gasteiger partial charge < -0.3 is 29.4 Å². The number of hydrogen-bond acceptors (Lipinski definition) is 7. The standard InChI is InChI=1S/C36H41NO7/c1-33-10-8-25(40)15-23(33)6-7-26-27-16-30-36(29(42)20-39,34(27,2)17-28(41)31(26)33)44-32(43-30)22-9-13-37(18-22)35(11-12-35)24-5-3-4-21(14-24)19-38/h3-5,8-10,13-15,18,26-28,30-32,38-39,41H,6-7,11-12,16-17,19-20H2,1-2H3/t26-,27-,28-,30+,31+,32+,33-,34-,36+/m0/s1. The molecule has 6 aliphatic rings. The molecule has 4 saturated carbocycles. The van der Waals surface area contributed by atoms with Crippen molar-refractivity contribution in [3.8, 4) is 0 Å². The number of rotatable bonds is 6. The van der Waals surface area contributed by atoms with E-state index < -0.39 is 41.5 Å². The van der Waals surface area contributed by atoms with E-state index in [1.165, 1.54) is 0 Å². The quantitative estimate of drug-likeness (QED) is 0.457. The number of ether oxygens (including phenoxy) is 2. The van der Waals surface area contributed by atoms with Crippen LogP contribution in [0, 0.1) is 28.6 Å². The van der Waals surface area contributed by atoms with Gasteiger partial charge in [0.25, 0.3) is 0 Å². The lowest BCUT2D eigenvalue weighted by Crippen LogP contribution is -2.63. The fourth-order valence-electron chi connectivity index (χ4n) is 10.4. The Bertz CT molecular complexity index is 1600. The number of carbonyl (C=O) groups excluding carboxylic acids is 2. The van der Waals surface area contributed by atoms with E-state index >= 15 is 0 Å². The molecule has 0 unspecified atom stereocenters. The number of aliphatic hydroxyl groups excluding tert-OH is 3. The second-order valence-electron chi connectivity index (χ2n) is 14.6. The molecule has 8 nitrogen and oxygen atoms in total. The van der Waals surface area contributed by atoms with E-state index in [1.807, 2.05) is 36.7 Å². The van der Waals surface area contributed by atoms with Crippen LogP contribution >= 0.6 is 0 Å². The van der Waals surface area contributed by atoms with Gasteiger partial charge in [0, 0.05) is 34.7 Å². The molecular formula is C36H41NO7. The Labute approximate surface area is 257 Å². The number of benzene rings is 1. The van der Waals surface area contributed by atoms with Crippen molar-refractivity contribution in [1.29, 1.82) is 0 Å². The van der Waals surface area contributed by atoms with Gasteiger partial charge in [-0.15, -0.1) is 0 Å². The molecule has 1 aliphatic heterocycles. The van der Waals surface area contributed by atoms with Crippen LogP contribution in [0.1, 0.15) is 75.4 Å². The Morgan fingerprint density at radius 1 is 1.16 bits per heavy atom. The fraction of sp³-hybridized carbons (Fsp3) is 0.556. The second kappa shape index (κ2) is 9.56. The Kier molecular flexibility index (Phi) is 6.21. The third kappa shape index (κ3) is 3.63. The molecule has 3 N–H and O–H groups in total. The van der Waals surface area contributed by atoms with Crippen LogP contribution in [0.3, 0.4) is 0 Å². The number of carbonyl (C=O) groups is 2. The van der Waals surface area contributed by atoms with Gasteiger partial charge in [0.2, 0.25) is 0 Å². The zero-order chi connectivity index (χ0) is 30.6. The summed E-state index contributed by atoms with van der Waals surface area (Å²) in [7, 11) is 0. The first-order valence-corrected chi connectivity index (χ1v) is 16.1. The normalized spacial score (nSPS) is 41.4. The topological polar surface area (TPSA) is 118 Å². The van der Waals surface area contributed by atoms with E-state index in [2.05, 4.69) is 30.5 Å². The highest BCUT2D eigenvalue weighted by molar-refractivity contribution is 6.01. The molecule has 0 radical (unpaired) electrons. The number of nitrogens with zero attached hydrogens (tertiary/aromatic N) is 1. The maximum absolute atomic E-state index is 13.8. The third-order valence-electron chi connectivity index (χ3n) is 12.6. The molecular weight excluding hydrogens is 558 g/mol. The van der Waals surface area contributed by atoms with Crippen LogP contribution in [0.25, 0.3) is 0 Å². The van der Waals surface area contributed by atoms with E-state index in [1.54, 1.807) is 12.2 Å². The van der Waals surface area contributed by atoms with Crippen LogP contribution in [0.2, 0.25) is 0 Å². The number of aromatic nitrogens is 1. The van der Waals surface area contributed by atoms with E-state index in [4.69, 9.17) is 9.47 Å². The summed E-state index contributed by atoms with van der Waals surface area (Å²) in [5.41, 5.74) is 1.25. The molecule has 1 aromatic carbocycles. The van der Waals surface area contributed by atoms with Gasteiger partial charge in [0.1, 0.15) is 6.61 Å². The minimum absolute atomic E-state index is 0.00177. The predicted molar refractivity (Wildman–Crippen MR) is 160 cm³/mol. The molecule has 2 heterocycles. The Morgan fingerprint density at radius 2 is 1.98 bits per heavy atom. The van der Waals surface area contributed by atoms with Crippen LogP contribution < -0.4 is 0 Å². The predicted octanol–water partition coefficient (Wildman–Crippen LogP) is 4.12. The van der Waals surface area contributed by atoms with Gasteiger partial charge in [-0.3, -0.25) is 9.59 Å². The molecule has 5 aliphatic carbocycles. The van der Waals surface area contributed by atoms with Crippen LogP contribution in [-0.2, 0) is 31.2 Å². The molecule has 2 aromatic rings. The zero-order valence-corrected chi connectivity index (χ0v) is 25.3. The average Bonchev–Trinajstić information content (AvgIpc) is 3.38. The van der Waals surface area contributed by atoms with Gasteiger partial charge in [-0.25, -0.2) is 0 Å². The first-order valence-electron chi connectivity index (χ1n) is 16.1. The summed E-state index contributed by atoms with van der Waals surface area (Å²) >= 11 is 0. The van der Waals surface area contributed by atoms with Crippen molar-refractivity contribution in [1.82, 2.24) is 4.57 Å². The maximum Gasteiger partial charge on any atom is 0.193 e. The van der Waals surface area contributed by atoms with Crippen LogP contribution in [0.4, 0.5) is 0 Å². The fourth-order valence-corrected chi connectivity index (χ4v) is 10.4. The Morgan fingerprint density at radius 3 is 2.73 bits per heavy atom. The number of fused-ring (bicyclic) bond motifs is 7.